The summed E-state index contributed by atoms with van der Waals surface area (Å²) in [5.41, 5.74) is 1.45. The number of amides is 1. The lowest BCUT2D eigenvalue weighted by molar-refractivity contribution is -0.142. The topological polar surface area (TPSA) is 96.5 Å². The molecule has 1 saturated heterocycles. The highest BCUT2D eigenvalue weighted by atomic mass is 16.4. The maximum Gasteiger partial charge on any atom is 0.326 e. The van der Waals surface area contributed by atoms with E-state index in [1.165, 1.54) is 4.90 Å². The quantitative estimate of drug-likeness (QED) is 0.916. The highest BCUT2D eigenvalue weighted by molar-refractivity contribution is 5.96. The molecule has 1 N–H and O–H groups in total. The lowest BCUT2D eigenvalue weighted by atomic mass is 10.1. The van der Waals surface area contributed by atoms with E-state index in [1.807, 2.05) is 12.1 Å². The molecule has 7 nitrogen and oxygen atoms in total. The van der Waals surface area contributed by atoms with Crippen molar-refractivity contribution in [3.8, 4) is 0 Å². The summed E-state index contributed by atoms with van der Waals surface area (Å²) < 4.78 is 5.35. The van der Waals surface area contributed by atoms with Gasteiger partial charge in [-0.15, -0.1) is 10.2 Å². The second-order valence-electron chi connectivity index (χ2n) is 6.29. The molecule has 132 valence electrons. The van der Waals surface area contributed by atoms with Gasteiger partial charge in [0.2, 0.25) is 11.8 Å². The number of carbonyl (C=O) groups excluding carboxylic acids is 1. The van der Waals surface area contributed by atoms with E-state index in [1.54, 1.807) is 19.1 Å². The van der Waals surface area contributed by atoms with E-state index in [-0.39, 0.29) is 5.91 Å². The van der Waals surface area contributed by atoms with Crippen LogP contribution in [0.4, 0.5) is 0 Å². The van der Waals surface area contributed by atoms with Gasteiger partial charge in [-0.2, -0.15) is 0 Å². The van der Waals surface area contributed by atoms with E-state index in [9.17, 15) is 14.7 Å². The Morgan fingerprint density at radius 2 is 1.96 bits per heavy atom. The fourth-order valence-corrected chi connectivity index (χ4v) is 3.12. The molecule has 7 heteroatoms. The summed E-state index contributed by atoms with van der Waals surface area (Å²) in [6, 6.07) is 6.38. The van der Waals surface area contributed by atoms with Gasteiger partial charge in [-0.05, 0) is 30.5 Å². The average molecular weight is 343 g/mol. The number of carboxylic acids is 1. The van der Waals surface area contributed by atoms with Crippen molar-refractivity contribution in [1.82, 2.24) is 15.1 Å². The molecule has 3 rings (SSSR count). The summed E-state index contributed by atoms with van der Waals surface area (Å²) in [6.45, 7) is 2.22. The first-order valence-corrected chi connectivity index (χ1v) is 8.46. The molecule has 1 aliphatic heterocycles. The molecular formula is C18H21N3O4. The zero-order chi connectivity index (χ0) is 17.8. The van der Waals surface area contributed by atoms with Gasteiger partial charge in [-0.3, -0.25) is 4.79 Å². The molecular weight excluding hydrogens is 322 g/mol. The number of nitrogens with zero attached hydrogens (tertiary/aromatic N) is 3. The number of rotatable bonds is 4. The summed E-state index contributed by atoms with van der Waals surface area (Å²) in [4.78, 5) is 25.7. The third-order valence-electron chi connectivity index (χ3n) is 4.42. The van der Waals surface area contributed by atoms with Gasteiger partial charge in [0, 0.05) is 19.0 Å². The molecule has 0 radical (unpaired) electrons. The number of benzene rings is 1. The van der Waals surface area contributed by atoms with Crippen LogP contribution in [-0.4, -0.2) is 44.7 Å². The van der Waals surface area contributed by atoms with Gasteiger partial charge in [0.25, 0.3) is 5.91 Å². The lowest BCUT2D eigenvalue weighted by Gasteiger charge is -2.27. The average Bonchev–Trinajstić information content (AvgIpc) is 2.86. The van der Waals surface area contributed by atoms with Gasteiger partial charge in [0.05, 0.1) is 6.42 Å². The number of hydrogen-bond donors (Lipinski definition) is 1. The van der Waals surface area contributed by atoms with E-state index in [4.69, 9.17) is 4.42 Å². The second-order valence-corrected chi connectivity index (χ2v) is 6.29. The molecule has 25 heavy (non-hydrogen) atoms. The van der Waals surface area contributed by atoms with Crippen molar-refractivity contribution in [3.05, 3.63) is 47.2 Å². The fourth-order valence-electron chi connectivity index (χ4n) is 3.12. The smallest absolute Gasteiger partial charge is 0.326 e. The standard InChI is InChI=1S/C18H21N3O4/c1-12-19-20-16(25-12)11-13-6-8-14(9-7-13)17(22)21-10-4-2-3-5-15(21)18(23)24/h6-9,15H,2-5,10-11H2,1H3,(H,23,24). The monoisotopic (exact) mass is 343 g/mol. The number of carbonyl (C=O) groups is 2. The van der Waals surface area contributed by atoms with Crippen molar-refractivity contribution in [1.29, 1.82) is 0 Å². The van der Waals surface area contributed by atoms with Crippen LogP contribution in [-0.2, 0) is 11.2 Å². The normalized spacial score (nSPS) is 18.0. The molecule has 2 heterocycles. The Morgan fingerprint density at radius 3 is 2.60 bits per heavy atom. The van der Waals surface area contributed by atoms with Gasteiger partial charge < -0.3 is 14.4 Å². The molecule has 1 amide bonds. The number of likely N-dealkylation sites (tertiary alicyclic amines) is 1. The number of aliphatic carboxylic acids is 1. The highest BCUT2D eigenvalue weighted by Crippen LogP contribution is 2.20. The number of aryl methyl sites for hydroxylation is 1. The molecule has 1 aromatic carbocycles. The van der Waals surface area contributed by atoms with Crippen LogP contribution in [0.15, 0.2) is 28.7 Å². The zero-order valence-electron chi connectivity index (χ0n) is 14.1. The molecule has 0 bridgehead atoms. The van der Waals surface area contributed by atoms with Gasteiger partial charge in [0.1, 0.15) is 6.04 Å². The van der Waals surface area contributed by atoms with Crippen LogP contribution in [0.5, 0.6) is 0 Å². The SMILES string of the molecule is Cc1nnc(Cc2ccc(C(=O)N3CCCCCC3C(=O)O)cc2)o1. The van der Waals surface area contributed by atoms with Gasteiger partial charge in [-0.1, -0.05) is 25.0 Å². The summed E-state index contributed by atoms with van der Waals surface area (Å²) in [6.07, 6.45) is 3.63. The van der Waals surface area contributed by atoms with Gasteiger partial charge >= 0.3 is 5.97 Å². The van der Waals surface area contributed by atoms with Crippen molar-refractivity contribution >= 4 is 11.9 Å². The van der Waals surface area contributed by atoms with Crippen molar-refractivity contribution in [2.75, 3.05) is 6.54 Å². The Kier molecular flexibility index (Phi) is 5.11. The molecule has 0 spiro atoms. The fraction of sp³-hybridized carbons (Fsp3) is 0.444. The third kappa shape index (κ3) is 4.04. The van der Waals surface area contributed by atoms with Crippen LogP contribution >= 0.6 is 0 Å². The van der Waals surface area contributed by atoms with Gasteiger partial charge in [-0.25, -0.2) is 4.79 Å². The number of aromatic nitrogens is 2. The molecule has 1 fully saturated rings. The highest BCUT2D eigenvalue weighted by Gasteiger charge is 2.31. The molecule has 0 saturated carbocycles. The van der Waals surface area contributed by atoms with E-state index >= 15 is 0 Å². The first kappa shape index (κ1) is 17.1. The zero-order valence-corrected chi connectivity index (χ0v) is 14.1. The maximum absolute atomic E-state index is 12.8. The lowest BCUT2D eigenvalue weighted by Crippen LogP contribution is -2.44. The number of hydrogen-bond acceptors (Lipinski definition) is 5. The van der Waals surface area contributed by atoms with E-state index in [0.717, 1.165) is 24.8 Å². The maximum atomic E-state index is 12.8. The minimum absolute atomic E-state index is 0.227. The van der Waals surface area contributed by atoms with E-state index in [0.29, 0.717) is 36.7 Å². The van der Waals surface area contributed by atoms with Crippen LogP contribution in [0.25, 0.3) is 0 Å². The van der Waals surface area contributed by atoms with E-state index in [2.05, 4.69) is 10.2 Å². The van der Waals surface area contributed by atoms with Crippen molar-refractivity contribution in [2.45, 2.75) is 45.1 Å². The molecule has 0 aliphatic carbocycles. The third-order valence-corrected chi connectivity index (χ3v) is 4.42. The molecule has 1 atom stereocenters. The van der Waals surface area contributed by atoms with Crippen LogP contribution in [0.3, 0.4) is 0 Å². The Balaban J connectivity index is 1.73. The number of carboxylic acid groups (broad SMARTS) is 1. The first-order valence-electron chi connectivity index (χ1n) is 8.46. The largest absolute Gasteiger partial charge is 0.480 e. The second kappa shape index (κ2) is 7.46. The summed E-state index contributed by atoms with van der Waals surface area (Å²) in [7, 11) is 0. The summed E-state index contributed by atoms with van der Waals surface area (Å²) in [5, 5.41) is 17.2. The van der Waals surface area contributed by atoms with Crippen LogP contribution < -0.4 is 0 Å². The van der Waals surface area contributed by atoms with Gasteiger partial charge in [0.15, 0.2) is 0 Å². The Hall–Kier alpha value is -2.70. The minimum Gasteiger partial charge on any atom is -0.480 e. The van der Waals surface area contributed by atoms with Crippen LogP contribution in [0.2, 0.25) is 0 Å². The summed E-state index contributed by atoms with van der Waals surface area (Å²) in [5.74, 6) is -0.120. The van der Waals surface area contributed by atoms with Crippen molar-refractivity contribution < 1.29 is 19.1 Å². The molecule has 1 aromatic heterocycles. The predicted octanol–water partition coefficient (Wildman–Crippen LogP) is 2.44. The summed E-state index contributed by atoms with van der Waals surface area (Å²) >= 11 is 0. The first-order chi connectivity index (χ1) is 12.0. The Labute approximate surface area is 145 Å². The van der Waals surface area contributed by atoms with Crippen LogP contribution in [0.1, 0.15) is 53.4 Å². The van der Waals surface area contributed by atoms with Crippen LogP contribution in [0, 0.1) is 6.92 Å². The van der Waals surface area contributed by atoms with Crippen molar-refractivity contribution in [3.63, 3.8) is 0 Å². The predicted molar refractivity (Wildman–Crippen MR) is 89.2 cm³/mol. The minimum atomic E-state index is -0.932. The molecule has 2 aromatic rings. The molecule has 1 unspecified atom stereocenters. The van der Waals surface area contributed by atoms with E-state index < -0.39 is 12.0 Å². The molecule has 1 aliphatic rings. The Bertz CT molecular complexity index is 754. The van der Waals surface area contributed by atoms with Crippen molar-refractivity contribution in [2.24, 2.45) is 0 Å². The Morgan fingerprint density at radius 1 is 1.20 bits per heavy atom.